The summed E-state index contributed by atoms with van der Waals surface area (Å²) in [6.07, 6.45) is 6.69. The van der Waals surface area contributed by atoms with Gasteiger partial charge in [0.15, 0.2) is 0 Å². The van der Waals surface area contributed by atoms with Crippen LogP contribution in [0.15, 0.2) is 0 Å². The fraction of sp³-hybridized carbons (Fsp3) is 0.952. The maximum Gasteiger partial charge on any atom is 0.305 e. The van der Waals surface area contributed by atoms with Gasteiger partial charge in [0.05, 0.1) is 31.8 Å². The highest BCUT2D eigenvalue weighted by molar-refractivity contribution is 7.80. The van der Waals surface area contributed by atoms with E-state index in [1.165, 1.54) is 0 Å². The first-order valence-electron chi connectivity index (χ1n) is 11.0. The Hall–Kier alpha value is 0.710. The van der Waals surface area contributed by atoms with Gasteiger partial charge in [-0.3, -0.25) is 4.79 Å². The molecule has 0 fully saturated rings. The molecule has 0 amide bonds. The maximum absolute atomic E-state index is 12.1. The number of hydrogen-bond acceptors (Lipinski definition) is 10. The molecule has 0 aromatic heterocycles. The van der Waals surface area contributed by atoms with E-state index in [-0.39, 0.29) is 26.2 Å². The lowest BCUT2D eigenvalue weighted by molar-refractivity contribution is -0.161. The van der Waals surface area contributed by atoms with Gasteiger partial charge in [-0.1, -0.05) is 12.8 Å². The normalized spacial score (nSPS) is 11.7. The van der Waals surface area contributed by atoms with Crippen molar-refractivity contribution < 1.29 is 28.5 Å². The van der Waals surface area contributed by atoms with Gasteiger partial charge in [0.25, 0.3) is 0 Å². The minimum atomic E-state index is -0.451. The van der Waals surface area contributed by atoms with E-state index in [0.717, 1.165) is 55.8 Å². The van der Waals surface area contributed by atoms with Crippen LogP contribution in [-0.2, 0) is 28.5 Å². The highest BCUT2D eigenvalue weighted by atomic mass is 32.1. The van der Waals surface area contributed by atoms with Crippen LogP contribution in [0.3, 0.4) is 0 Å². The zero-order valence-electron chi connectivity index (χ0n) is 18.7. The molecular weight excluding hydrogens is 476 g/mol. The summed E-state index contributed by atoms with van der Waals surface area (Å²) in [6.45, 7) is 2.60. The number of hydrogen-bond donors (Lipinski definition) is 4. The van der Waals surface area contributed by atoms with Gasteiger partial charge in [0, 0.05) is 6.42 Å². The third-order valence-electron chi connectivity index (χ3n) is 4.49. The molecule has 0 atom stereocenters. The standard InChI is InChI=1S/C21H42O6S4/c22-20(7-4-12-29)27-17-21(8-2-1-3-11-28,15-25-18-23-9-5-13-30)16-26-19-24-10-6-14-31/h28-31H,1-19H2. The van der Waals surface area contributed by atoms with Crippen molar-refractivity contribution >= 4 is 56.5 Å². The highest BCUT2D eigenvalue weighted by Gasteiger charge is 2.33. The third kappa shape index (κ3) is 19.9. The minimum Gasteiger partial charge on any atom is -0.465 e. The van der Waals surface area contributed by atoms with Crippen LogP contribution in [0.1, 0.15) is 51.4 Å². The number of thiol groups is 4. The van der Waals surface area contributed by atoms with E-state index in [1.807, 2.05) is 0 Å². The number of unbranched alkanes of at least 4 members (excludes halogenated alkanes) is 2. The summed E-state index contributed by atoms with van der Waals surface area (Å²) in [5.41, 5.74) is -0.451. The van der Waals surface area contributed by atoms with E-state index >= 15 is 0 Å². The van der Waals surface area contributed by atoms with Crippen LogP contribution in [0.4, 0.5) is 0 Å². The van der Waals surface area contributed by atoms with E-state index in [2.05, 4.69) is 50.5 Å². The Balaban J connectivity index is 4.85. The Labute approximate surface area is 210 Å². The van der Waals surface area contributed by atoms with Crippen molar-refractivity contribution in [2.45, 2.75) is 51.4 Å². The summed E-state index contributed by atoms with van der Waals surface area (Å²) in [5, 5.41) is 0. The van der Waals surface area contributed by atoms with E-state index in [0.29, 0.717) is 45.0 Å². The summed E-state index contributed by atoms with van der Waals surface area (Å²) in [7, 11) is 0. The number of esters is 1. The number of ether oxygens (including phenoxy) is 5. The van der Waals surface area contributed by atoms with Gasteiger partial charge in [0.1, 0.15) is 20.2 Å². The van der Waals surface area contributed by atoms with Crippen molar-refractivity contribution in [1.82, 2.24) is 0 Å². The third-order valence-corrected chi connectivity index (χ3v) is 5.75. The maximum atomic E-state index is 12.1. The fourth-order valence-electron chi connectivity index (χ4n) is 2.74. The molecule has 10 heteroatoms. The molecule has 31 heavy (non-hydrogen) atoms. The molecule has 0 saturated heterocycles. The molecule has 0 bridgehead atoms. The molecule has 0 aliphatic rings. The van der Waals surface area contributed by atoms with E-state index in [1.54, 1.807) is 0 Å². The quantitative estimate of drug-likeness (QED) is 0.0660. The lowest BCUT2D eigenvalue weighted by Crippen LogP contribution is -2.39. The molecule has 0 aliphatic heterocycles. The lowest BCUT2D eigenvalue weighted by atomic mass is 9.84. The molecule has 0 heterocycles. The molecule has 6 nitrogen and oxygen atoms in total. The van der Waals surface area contributed by atoms with Crippen LogP contribution in [0.5, 0.6) is 0 Å². The van der Waals surface area contributed by atoms with Crippen molar-refractivity contribution in [1.29, 1.82) is 0 Å². The molecule has 0 saturated carbocycles. The number of carbonyl (C=O) groups is 1. The van der Waals surface area contributed by atoms with E-state index in [4.69, 9.17) is 23.7 Å². The predicted octanol–water partition coefficient (Wildman–Crippen LogP) is 4.34. The molecule has 0 aromatic carbocycles. The Morgan fingerprint density at radius 2 is 1.16 bits per heavy atom. The van der Waals surface area contributed by atoms with Gasteiger partial charge in [0.2, 0.25) is 0 Å². The molecule has 186 valence electrons. The molecule has 0 N–H and O–H groups in total. The second kappa shape index (κ2) is 23.9. The van der Waals surface area contributed by atoms with Crippen LogP contribution < -0.4 is 0 Å². The Bertz CT molecular complexity index is 388. The zero-order valence-corrected chi connectivity index (χ0v) is 22.3. The van der Waals surface area contributed by atoms with Gasteiger partial charge in [-0.05, 0) is 55.1 Å². The van der Waals surface area contributed by atoms with E-state index in [9.17, 15) is 4.79 Å². The summed E-state index contributed by atoms with van der Waals surface area (Å²) in [6, 6.07) is 0. The topological polar surface area (TPSA) is 63.2 Å². The summed E-state index contributed by atoms with van der Waals surface area (Å²) < 4.78 is 28.2. The smallest absolute Gasteiger partial charge is 0.305 e. The van der Waals surface area contributed by atoms with Crippen LogP contribution in [0.2, 0.25) is 0 Å². The van der Waals surface area contributed by atoms with Crippen LogP contribution in [0, 0.1) is 5.41 Å². The first-order valence-corrected chi connectivity index (χ1v) is 13.6. The molecule has 0 unspecified atom stereocenters. The van der Waals surface area contributed by atoms with Crippen molar-refractivity contribution in [3.63, 3.8) is 0 Å². The molecule has 0 spiro atoms. The second-order valence-corrected chi connectivity index (χ2v) is 9.21. The molecule has 0 radical (unpaired) electrons. The van der Waals surface area contributed by atoms with Gasteiger partial charge in [-0.25, -0.2) is 0 Å². The fourth-order valence-corrected chi connectivity index (χ4v) is 3.38. The van der Waals surface area contributed by atoms with Crippen LogP contribution >= 0.6 is 50.5 Å². The Kier molecular flexibility index (Phi) is 24.4. The van der Waals surface area contributed by atoms with Crippen LogP contribution in [0.25, 0.3) is 0 Å². The first kappa shape index (κ1) is 31.7. The van der Waals surface area contributed by atoms with Crippen molar-refractivity contribution in [2.75, 3.05) is 69.6 Å². The highest BCUT2D eigenvalue weighted by Crippen LogP contribution is 2.28. The Morgan fingerprint density at radius 3 is 1.68 bits per heavy atom. The minimum absolute atomic E-state index is 0.193. The molecule has 0 aliphatic carbocycles. The van der Waals surface area contributed by atoms with Crippen molar-refractivity contribution in [2.24, 2.45) is 5.41 Å². The molecular formula is C21H42O6S4. The summed E-state index contributed by atoms with van der Waals surface area (Å²) in [5.74, 6) is 2.85. The Morgan fingerprint density at radius 1 is 0.613 bits per heavy atom. The SMILES string of the molecule is O=C(CCCS)OCC(CCCCCS)(COCOCCCS)COCOCCCS. The van der Waals surface area contributed by atoms with Gasteiger partial charge < -0.3 is 23.7 Å². The van der Waals surface area contributed by atoms with Gasteiger partial charge in [-0.15, -0.1) is 0 Å². The van der Waals surface area contributed by atoms with Crippen molar-refractivity contribution in [3.05, 3.63) is 0 Å². The monoisotopic (exact) mass is 518 g/mol. The van der Waals surface area contributed by atoms with Crippen molar-refractivity contribution in [3.8, 4) is 0 Å². The first-order chi connectivity index (χ1) is 15.1. The van der Waals surface area contributed by atoms with Crippen LogP contribution in [-0.4, -0.2) is 75.6 Å². The van der Waals surface area contributed by atoms with E-state index < -0.39 is 5.41 Å². The van der Waals surface area contributed by atoms with Gasteiger partial charge >= 0.3 is 5.97 Å². The number of rotatable bonds is 24. The number of carbonyl (C=O) groups excluding carboxylic acids is 1. The summed E-state index contributed by atoms with van der Waals surface area (Å²) in [4.78, 5) is 12.1. The summed E-state index contributed by atoms with van der Waals surface area (Å²) >= 11 is 16.8. The average molecular weight is 519 g/mol. The zero-order chi connectivity index (χ0) is 23.0. The largest absolute Gasteiger partial charge is 0.465 e. The molecule has 0 aromatic rings. The average Bonchev–Trinajstić information content (AvgIpc) is 2.78. The lowest BCUT2D eigenvalue weighted by Gasteiger charge is -2.33. The predicted molar refractivity (Wildman–Crippen MR) is 139 cm³/mol. The van der Waals surface area contributed by atoms with Gasteiger partial charge in [-0.2, -0.15) is 50.5 Å². The molecule has 0 rings (SSSR count). The second-order valence-electron chi connectivity index (χ2n) is 7.43.